The number of methoxy groups -OCH3 is 1. The highest BCUT2D eigenvalue weighted by molar-refractivity contribution is 9.10. The summed E-state index contributed by atoms with van der Waals surface area (Å²) in [6.07, 6.45) is 2.14. The van der Waals surface area contributed by atoms with Crippen LogP contribution in [-0.4, -0.2) is 37.1 Å². The molecule has 0 spiro atoms. The molecule has 0 unspecified atom stereocenters. The van der Waals surface area contributed by atoms with Crippen LogP contribution in [0.2, 0.25) is 0 Å². The lowest BCUT2D eigenvalue weighted by atomic mass is 10.1. The van der Waals surface area contributed by atoms with E-state index >= 15 is 0 Å². The Morgan fingerprint density at radius 2 is 1.86 bits per heavy atom. The Labute approximate surface area is 171 Å². The summed E-state index contributed by atoms with van der Waals surface area (Å²) >= 11 is 3.45. The molecule has 3 rings (SSSR count). The Kier molecular flexibility index (Phi) is 6.88. The smallest absolute Gasteiger partial charge is 0.222 e. The molecule has 28 heavy (non-hydrogen) atoms. The summed E-state index contributed by atoms with van der Waals surface area (Å²) < 4.78 is 38.4. The number of hydrogen-bond donors (Lipinski definition) is 0. The first-order chi connectivity index (χ1) is 13.5. The van der Waals surface area contributed by atoms with Gasteiger partial charge < -0.3 is 14.4 Å². The molecule has 0 bridgehead atoms. The van der Waals surface area contributed by atoms with Gasteiger partial charge in [-0.05, 0) is 52.2 Å². The van der Waals surface area contributed by atoms with Crippen molar-refractivity contribution in [1.29, 1.82) is 0 Å². The molecule has 2 aromatic carbocycles. The van der Waals surface area contributed by atoms with E-state index in [0.717, 1.165) is 21.9 Å². The van der Waals surface area contributed by atoms with Crippen LogP contribution in [-0.2, 0) is 11.2 Å². The fraction of sp³-hybridized carbons (Fsp3) is 0.381. The van der Waals surface area contributed by atoms with Crippen molar-refractivity contribution >= 4 is 21.8 Å². The van der Waals surface area contributed by atoms with Gasteiger partial charge in [0.05, 0.1) is 11.6 Å². The highest BCUT2D eigenvalue weighted by Crippen LogP contribution is 2.26. The molecule has 1 heterocycles. The quantitative estimate of drug-likeness (QED) is 0.633. The van der Waals surface area contributed by atoms with Gasteiger partial charge in [-0.1, -0.05) is 6.07 Å². The molecule has 1 amide bonds. The van der Waals surface area contributed by atoms with Gasteiger partial charge in [0.15, 0.2) is 11.6 Å². The Hall–Kier alpha value is -2.15. The number of benzene rings is 2. The van der Waals surface area contributed by atoms with Crippen LogP contribution >= 0.6 is 15.9 Å². The first kappa shape index (κ1) is 20.6. The molecule has 0 atom stereocenters. The number of halogens is 3. The molecule has 0 radical (unpaired) electrons. The average Bonchev–Trinajstić information content (AvgIpc) is 2.69. The summed E-state index contributed by atoms with van der Waals surface area (Å²) in [7, 11) is 1.61. The molecule has 0 aromatic heterocycles. The van der Waals surface area contributed by atoms with Gasteiger partial charge >= 0.3 is 0 Å². The molecular weight excluding hydrogens is 432 g/mol. The Morgan fingerprint density at radius 1 is 1.14 bits per heavy atom. The zero-order valence-electron chi connectivity index (χ0n) is 15.6. The van der Waals surface area contributed by atoms with Gasteiger partial charge in [-0.3, -0.25) is 4.79 Å². The summed E-state index contributed by atoms with van der Waals surface area (Å²) in [5.74, 6) is -0.428. The topological polar surface area (TPSA) is 38.8 Å². The van der Waals surface area contributed by atoms with Gasteiger partial charge in [0.25, 0.3) is 0 Å². The van der Waals surface area contributed by atoms with Crippen LogP contribution in [0.5, 0.6) is 11.5 Å². The molecule has 150 valence electrons. The van der Waals surface area contributed by atoms with E-state index in [2.05, 4.69) is 15.9 Å². The molecule has 1 aliphatic heterocycles. The number of carbonyl (C=O) groups is 1. The lowest BCUT2D eigenvalue weighted by Crippen LogP contribution is -2.41. The first-order valence-corrected chi connectivity index (χ1v) is 9.97. The lowest BCUT2D eigenvalue weighted by molar-refractivity contribution is -0.132. The van der Waals surface area contributed by atoms with Crippen molar-refractivity contribution in [3.05, 3.63) is 58.1 Å². The predicted molar refractivity (Wildman–Crippen MR) is 106 cm³/mol. The molecule has 0 saturated carbocycles. The number of carbonyl (C=O) groups excluding carboxylic acids is 1. The van der Waals surface area contributed by atoms with Crippen molar-refractivity contribution in [2.24, 2.45) is 0 Å². The van der Waals surface area contributed by atoms with Gasteiger partial charge in [0.2, 0.25) is 5.91 Å². The van der Waals surface area contributed by atoms with E-state index in [0.29, 0.717) is 38.8 Å². The monoisotopic (exact) mass is 453 g/mol. The third-order valence-electron chi connectivity index (χ3n) is 4.83. The molecule has 1 aliphatic rings. The number of amides is 1. The van der Waals surface area contributed by atoms with Crippen LogP contribution in [0.4, 0.5) is 8.78 Å². The predicted octanol–water partition coefficient (Wildman–Crippen LogP) is 4.74. The van der Waals surface area contributed by atoms with Crippen LogP contribution in [0, 0.1) is 11.6 Å². The second kappa shape index (κ2) is 9.37. The maximum atomic E-state index is 13.7. The second-order valence-electron chi connectivity index (χ2n) is 6.74. The van der Waals surface area contributed by atoms with E-state index in [4.69, 9.17) is 9.47 Å². The van der Waals surface area contributed by atoms with Gasteiger partial charge in [0, 0.05) is 38.4 Å². The summed E-state index contributed by atoms with van der Waals surface area (Å²) in [4.78, 5) is 14.3. The zero-order valence-corrected chi connectivity index (χ0v) is 17.2. The number of rotatable bonds is 6. The number of piperidine rings is 1. The maximum Gasteiger partial charge on any atom is 0.222 e. The second-order valence-corrected chi connectivity index (χ2v) is 7.60. The van der Waals surface area contributed by atoms with E-state index in [1.165, 1.54) is 12.1 Å². The Bertz CT molecular complexity index is 838. The largest absolute Gasteiger partial charge is 0.496 e. The van der Waals surface area contributed by atoms with Crippen molar-refractivity contribution in [3.8, 4) is 11.5 Å². The number of nitrogens with zero attached hydrogens (tertiary/aromatic N) is 1. The van der Waals surface area contributed by atoms with Gasteiger partial charge in [-0.25, -0.2) is 8.78 Å². The SMILES string of the molecule is COc1ccc(CCC(=O)N2CCC(Oc3ccc(F)cc3F)CC2)cc1Br. The van der Waals surface area contributed by atoms with Gasteiger partial charge in [-0.15, -0.1) is 0 Å². The third-order valence-corrected chi connectivity index (χ3v) is 5.45. The van der Waals surface area contributed by atoms with Crippen molar-refractivity contribution in [2.75, 3.05) is 20.2 Å². The minimum absolute atomic E-state index is 0.0521. The summed E-state index contributed by atoms with van der Waals surface area (Å²) in [6.45, 7) is 1.14. The average molecular weight is 454 g/mol. The fourth-order valence-corrected chi connectivity index (χ4v) is 3.84. The summed E-state index contributed by atoms with van der Waals surface area (Å²) in [5.41, 5.74) is 1.06. The molecule has 2 aromatic rings. The Balaban J connectivity index is 1.46. The molecular formula is C21H22BrF2NO3. The molecule has 4 nitrogen and oxygen atoms in total. The van der Waals surface area contributed by atoms with Gasteiger partial charge in [0.1, 0.15) is 17.7 Å². The third kappa shape index (κ3) is 5.22. The number of hydrogen-bond acceptors (Lipinski definition) is 3. The molecule has 0 N–H and O–H groups in total. The molecule has 1 fully saturated rings. The lowest BCUT2D eigenvalue weighted by Gasteiger charge is -2.32. The minimum Gasteiger partial charge on any atom is -0.496 e. The Morgan fingerprint density at radius 3 is 2.50 bits per heavy atom. The fourth-order valence-electron chi connectivity index (χ4n) is 3.25. The maximum absolute atomic E-state index is 13.7. The highest BCUT2D eigenvalue weighted by Gasteiger charge is 2.24. The first-order valence-electron chi connectivity index (χ1n) is 9.18. The van der Waals surface area contributed by atoms with E-state index in [9.17, 15) is 13.6 Å². The number of likely N-dealkylation sites (tertiary alicyclic amines) is 1. The van der Waals surface area contributed by atoms with Crippen molar-refractivity contribution < 1.29 is 23.0 Å². The van der Waals surface area contributed by atoms with Crippen LogP contribution in [0.3, 0.4) is 0 Å². The molecule has 1 saturated heterocycles. The van der Waals surface area contributed by atoms with E-state index < -0.39 is 11.6 Å². The summed E-state index contributed by atoms with van der Waals surface area (Å²) in [6, 6.07) is 9.08. The number of ether oxygens (including phenoxy) is 2. The minimum atomic E-state index is -0.704. The van der Waals surface area contributed by atoms with E-state index in [1.54, 1.807) is 7.11 Å². The van der Waals surface area contributed by atoms with Gasteiger partial charge in [-0.2, -0.15) is 0 Å². The molecule has 7 heteroatoms. The standard InChI is InChI=1S/C21H22BrF2NO3/c1-27-19-5-2-14(12-17(19)22)3-7-21(26)25-10-8-16(9-11-25)28-20-6-4-15(23)13-18(20)24/h2,4-6,12-13,16H,3,7-11H2,1H3. The van der Waals surface area contributed by atoms with Crippen LogP contribution in [0.1, 0.15) is 24.8 Å². The molecule has 0 aliphatic carbocycles. The normalized spacial score (nSPS) is 14.8. The van der Waals surface area contributed by atoms with Crippen LogP contribution in [0.25, 0.3) is 0 Å². The zero-order chi connectivity index (χ0) is 20.1. The highest BCUT2D eigenvalue weighted by atomic mass is 79.9. The summed E-state index contributed by atoms with van der Waals surface area (Å²) in [5, 5.41) is 0. The van der Waals surface area contributed by atoms with E-state index in [-0.39, 0.29) is 17.8 Å². The van der Waals surface area contributed by atoms with Crippen molar-refractivity contribution in [1.82, 2.24) is 4.90 Å². The van der Waals surface area contributed by atoms with E-state index in [1.807, 2.05) is 23.1 Å². The van der Waals surface area contributed by atoms with Crippen molar-refractivity contribution in [3.63, 3.8) is 0 Å². The van der Waals surface area contributed by atoms with Crippen LogP contribution in [0.15, 0.2) is 40.9 Å². The number of aryl methyl sites for hydroxylation is 1. The van der Waals surface area contributed by atoms with Crippen LogP contribution < -0.4 is 9.47 Å². The van der Waals surface area contributed by atoms with Crippen molar-refractivity contribution in [2.45, 2.75) is 31.8 Å².